The highest BCUT2D eigenvalue weighted by Gasteiger charge is 2.21. The van der Waals surface area contributed by atoms with Gasteiger partial charge in [0.1, 0.15) is 5.82 Å². The van der Waals surface area contributed by atoms with Gasteiger partial charge in [-0.15, -0.1) is 24.8 Å². The molecule has 2 aromatic rings. The Labute approximate surface area is 164 Å². The predicted octanol–water partition coefficient (Wildman–Crippen LogP) is 2.55. The van der Waals surface area contributed by atoms with Gasteiger partial charge in [0, 0.05) is 43.4 Å². The third-order valence-electron chi connectivity index (χ3n) is 3.97. The summed E-state index contributed by atoms with van der Waals surface area (Å²) >= 11 is 1.43. The number of anilines is 2. The normalized spacial score (nSPS) is 14.3. The van der Waals surface area contributed by atoms with Crippen LogP contribution in [0.25, 0.3) is 0 Å². The van der Waals surface area contributed by atoms with Crippen LogP contribution < -0.4 is 10.6 Å². The lowest BCUT2D eigenvalue weighted by molar-refractivity contribution is -0.130. The molecule has 0 aliphatic carbocycles. The minimum absolute atomic E-state index is 0. The Morgan fingerprint density at radius 1 is 1.16 bits per heavy atom. The van der Waals surface area contributed by atoms with Crippen molar-refractivity contribution in [1.82, 2.24) is 14.3 Å². The van der Waals surface area contributed by atoms with Crippen LogP contribution in [-0.4, -0.2) is 46.3 Å². The van der Waals surface area contributed by atoms with E-state index in [4.69, 9.17) is 5.73 Å². The molecule has 3 rings (SSSR count). The first kappa shape index (κ1) is 21.5. The fourth-order valence-corrected chi connectivity index (χ4v) is 3.42. The summed E-state index contributed by atoms with van der Waals surface area (Å²) in [5.74, 6) is 0.982. The summed E-state index contributed by atoms with van der Waals surface area (Å²) in [7, 11) is 0. The van der Waals surface area contributed by atoms with Gasteiger partial charge in [-0.2, -0.15) is 4.37 Å². The van der Waals surface area contributed by atoms with Crippen LogP contribution in [0, 0.1) is 6.92 Å². The van der Waals surface area contributed by atoms with Crippen LogP contribution in [0.15, 0.2) is 24.3 Å². The molecule has 0 unspecified atom stereocenters. The first-order chi connectivity index (χ1) is 11.1. The standard InChI is InChI=1S/C16H21N5OS.2ClH/c1-12-18-16(23-19-12)21-8-2-7-20(9-10-21)15(22)11-13-3-5-14(17)6-4-13;;/h3-6H,2,7-11,17H2,1H3;2*1H. The average Bonchev–Trinajstić information content (AvgIpc) is 2.83. The van der Waals surface area contributed by atoms with Crippen molar-refractivity contribution >= 4 is 53.1 Å². The summed E-state index contributed by atoms with van der Waals surface area (Å²) in [6.07, 6.45) is 1.38. The van der Waals surface area contributed by atoms with Crippen LogP contribution in [0.1, 0.15) is 17.8 Å². The molecule has 0 saturated carbocycles. The first-order valence-electron chi connectivity index (χ1n) is 7.79. The highest BCUT2D eigenvalue weighted by molar-refractivity contribution is 7.09. The molecule has 138 valence electrons. The van der Waals surface area contributed by atoms with Crippen LogP contribution in [0.4, 0.5) is 10.8 Å². The van der Waals surface area contributed by atoms with Crippen molar-refractivity contribution in [1.29, 1.82) is 0 Å². The lowest BCUT2D eigenvalue weighted by Crippen LogP contribution is -2.36. The highest BCUT2D eigenvalue weighted by atomic mass is 35.5. The molecule has 0 bridgehead atoms. The molecule has 1 saturated heterocycles. The van der Waals surface area contributed by atoms with Crippen LogP contribution in [0.2, 0.25) is 0 Å². The van der Waals surface area contributed by atoms with Gasteiger partial charge in [0.05, 0.1) is 6.42 Å². The lowest BCUT2D eigenvalue weighted by atomic mass is 10.1. The third-order valence-corrected chi connectivity index (χ3v) is 4.84. The maximum Gasteiger partial charge on any atom is 0.227 e. The molecular formula is C16H23Cl2N5OS. The van der Waals surface area contributed by atoms with Crippen LogP contribution in [-0.2, 0) is 11.2 Å². The molecule has 0 atom stereocenters. The molecule has 0 radical (unpaired) electrons. The van der Waals surface area contributed by atoms with Crippen LogP contribution in [0.3, 0.4) is 0 Å². The molecule has 1 aromatic carbocycles. The van der Waals surface area contributed by atoms with Gasteiger partial charge in [0.2, 0.25) is 11.0 Å². The van der Waals surface area contributed by atoms with Gasteiger partial charge >= 0.3 is 0 Å². The Morgan fingerprint density at radius 3 is 2.52 bits per heavy atom. The van der Waals surface area contributed by atoms with Crippen molar-refractivity contribution in [2.24, 2.45) is 0 Å². The molecule has 2 heterocycles. The lowest BCUT2D eigenvalue weighted by Gasteiger charge is -2.21. The zero-order chi connectivity index (χ0) is 16.2. The Bertz CT molecular complexity index is 679. The molecule has 25 heavy (non-hydrogen) atoms. The number of nitrogens with zero attached hydrogens (tertiary/aromatic N) is 4. The van der Waals surface area contributed by atoms with E-state index in [-0.39, 0.29) is 30.7 Å². The van der Waals surface area contributed by atoms with Gasteiger partial charge in [-0.1, -0.05) is 12.1 Å². The van der Waals surface area contributed by atoms with Crippen molar-refractivity contribution in [3.05, 3.63) is 35.7 Å². The molecule has 1 aromatic heterocycles. The molecule has 1 aliphatic heterocycles. The number of halogens is 2. The SMILES string of the molecule is Cc1nsc(N2CCCN(C(=O)Cc3ccc(N)cc3)CC2)n1.Cl.Cl. The van der Waals surface area contributed by atoms with E-state index in [9.17, 15) is 4.79 Å². The van der Waals surface area contributed by atoms with E-state index in [1.54, 1.807) is 0 Å². The number of benzene rings is 1. The largest absolute Gasteiger partial charge is 0.399 e. The summed E-state index contributed by atoms with van der Waals surface area (Å²) in [5, 5.41) is 0.954. The van der Waals surface area contributed by atoms with Crippen LogP contribution >= 0.6 is 36.3 Å². The number of amides is 1. The molecule has 1 fully saturated rings. The number of aryl methyl sites for hydroxylation is 1. The Kier molecular flexibility index (Phi) is 8.41. The van der Waals surface area contributed by atoms with Crippen molar-refractivity contribution in [3.8, 4) is 0 Å². The summed E-state index contributed by atoms with van der Waals surface area (Å²) in [4.78, 5) is 21.1. The number of aromatic nitrogens is 2. The smallest absolute Gasteiger partial charge is 0.227 e. The summed E-state index contributed by atoms with van der Waals surface area (Å²) in [5.41, 5.74) is 7.41. The van der Waals surface area contributed by atoms with E-state index < -0.39 is 0 Å². The maximum atomic E-state index is 12.5. The Hall–Kier alpha value is -1.57. The van der Waals surface area contributed by atoms with Crippen molar-refractivity contribution < 1.29 is 4.79 Å². The van der Waals surface area contributed by atoms with E-state index in [1.165, 1.54) is 11.5 Å². The van der Waals surface area contributed by atoms with E-state index in [0.29, 0.717) is 6.42 Å². The summed E-state index contributed by atoms with van der Waals surface area (Å²) in [6.45, 7) is 5.15. The first-order valence-corrected chi connectivity index (χ1v) is 8.56. The van der Waals surface area contributed by atoms with Crippen molar-refractivity contribution in [2.75, 3.05) is 36.8 Å². The summed E-state index contributed by atoms with van der Waals surface area (Å²) < 4.78 is 4.24. The van der Waals surface area contributed by atoms with Gasteiger partial charge in [0.25, 0.3) is 0 Å². The van der Waals surface area contributed by atoms with E-state index in [1.807, 2.05) is 36.1 Å². The zero-order valence-corrected chi connectivity index (χ0v) is 16.5. The molecule has 0 spiro atoms. The number of carbonyl (C=O) groups is 1. The number of rotatable bonds is 3. The monoisotopic (exact) mass is 403 g/mol. The fraction of sp³-hybridized carbons (Fsp3) is 0.438. The number of hydrogen-bond donors (Lipinski definition) is 1. The Morgan fingerprint density at radius 2 is 1.88 bits per heavy atom. The molecule has 9 heteroatoms. The average molecular weight is 404 g/mol. The fourth-order valence-electron chi connectivity index (χ4n) is 2.69. The number of nitrogen functional groups attached to an aromatic ring is 1. The van der Waals surface area contributed by atoms with Crippen LogP contribution in [0.5, 0.6) is 0 Å². The molecule has 1 amide bonds. The Balaban J connectivity index is 0.00000156. The van der Waals surface area contributed by atoms with Gasteiger partial charge in [-0.05, 0) is 31.0 Å². The number of hydrogen-bond acceptors (Lipinski definition) is 6. The van der Waals surface area contributed by atoms with Gasteiger partial charge in [-0.25, -0.2) is 4.98 Å². The van der Waals surface area contributed by atoms with Gasteiger partial charge < -0.3 is 15.5 Å². The highest BCUT2D eigenvalue weighted by Crippen LogP contribution is 2.19. The van der Waals surface area contributed by atoms with E-state index in [2.05, 4.69) is 14.3 Å². The predicted molar refractivity (Wildman–Crippen MR) is 107 cm³/mol. The maximum absolute atomic E-state index is 12.5. The number of nitrogens with two attached hydrogens (primary N) is 1. The molecule has 1 aliphatic rings. The van der Waals surface area contributed by atoms with Crippen molar-refractivity contribution in [2.45, 2.75) is 19.8 Å². The van der Waals surface area contributed by atoms with E-state index in [0.717, 1.165) is 54.8 Å². The summed E-state index contributed by atoms with van der Waals surface area (Å²) in [6, 6.07) is 7.51. The molecule has 6 nitrogen and oxygen atoms in total. The van der Waals surface area contributed by atoms with Crippen molar-refractivity contribution in [3.63, 3.8) is 0 Å². The second-order valence-electron chi connectivity index (χ2n) is 5.76. The topological polar surface area (TPSA) is 75.4 Å². The zero-order valence-electron chi connectivity index (χ0n) is 14.1. The van der Waals surface area contributed by atoms with E-state index >= 15 is 0 Å². The number of carbonyl (C=O) groups excluding carboxylic acids is 1. The third kappa shape index (κ3) is 5.73. The second kappa shape index (κ2) is 9.79. The molecule has 2 N–H and O–H groups in total. The van der Waals surface area contributed by atoms with Gasteiger partial charge in [-0.3, -0.25) is 4.79 Å². The minimum Gasteiger partial charge on any atom is -0.399 e. The minimum atomic E-state index is 0. The molecular weight excluding hydrogens is 381 g/mol. The quantitative estimate of drug-likeness (QED) is 0.796. The second-order valence-corrected chi connectivity index (χ2v) is 6.49. The van der Waals surface area contributed by atoms with Gasteiger partial charge in [0.15, 0.2) is 0 Å².